The second-order valence-corrected chi connectivity index (χ2v) is 5.65. The lowest BCUT2D eigenvalue weighted by atomic mass is 10.2. The normalized spacial score (nSPS) is 10.3. The van der Waals surface area contributed by atoms with Crippen molar-refractivity contribution in [3.63, 3.8) is 0 Å². The third-order valence-corrected chi connectivity index (χ3v) is 3.77. The van der Waals surface area contributed by atoms with E-state index in [0.717, 1.165) is 11.1 Å². The molecule has 0 spiro atoms. The van der Waals surface area contributed by atoms with Crippen LogP contribution in [-0.2, 0) is 17.8 Å². The minimum atomic E-state index is -0.128. The highest BCUT2D eigenvalue weighted by molar-refractivity contribution is 5.76. The molecule has 26 heavy (non-hydrogen) atoms. The lowest BCUT2D eigenvalue weighted by Gasteiger charge is -2.19. The Balaban J connectivity index is 1.60. The van der Waals surface area contributed by atoms with Gasteiger partial charge in [0.25, 0.3) is 0 Å². The maximum absolute atomic E-state index is 12.5. The molecule has 0 unspecified atom stereocenters. The van der Waals surface area contributed by atoms with Crippen molar-refractivity contribution in [1.82, 2.24) is 20.0 Å². The number of aromatic nitrogens is 3. The Labute approximate surface area is 150 Å². The number of carbonyl (C=O) groups is 1. The molecule has 0 fully saturated rings. The van der Waals surface area contributed by atoms with Gasteiger partial charge in [-0.25, -0.2) is 0 Å². The van der Waals surface area contributed by atoms with Gasteiger partial charge in [-0.2, -0.15) is 10.2 Å². The van der Waals surface area contributed by atoms with Crippen LogP contribution in [0.25, 0.3) is 11.4 Å². The molecule has 1 amide bonds. The maximum atomic E-state index is 12.5. The van der Waals surface area contributed by atoms with E-state index in [9.17, 15) is 4.79 Å². The van der Waals surface area contributed by atoms with E-state index >= 15 is 0 Å². The van der Waals surface area contributed by atoms with Crippen LogP contribution < -0.4 is 0 Å². The third kappa shape index (κ3) is 4.51. The molecule has 0 bridgehead atoms. The molecular weight excluding hydrogens is 330 g/mol. The van der Waals surface area contributed by atoms with E-state index in [1.807, 2.05) is 42.5 Å². The van der Waals surface area contributed by atoms with E-state index in [2.05, 4.69) is 15.1 Å². The van der Waals surface area contributed by atoms with Gasteiger partial charge in [0.1, 0.15) is 6.54 Å². The van der Waals surface area contributed by atoms with Crippen LogP contribution in [0.3, 0.4) is 0 Å². The molecule has 130 valence electrons. The quantitative estimate of drug-likeness (QED) is 0.610. The van der Waals surface area contributed by atoms with Crippen LogP contribution in [0.1, 0.15) is 17.9 Å². The molecular formula is C19H17N5O2. The van der Waals surface area contributed by atoms with E-state index < -0.39 is 0 Å². The fourth-order valence-corrected chi connectivity index (χ4v) is 2.46. The molecule has 3 aromatic rings. The molecule has 7 nitrogen and oxygen atoms in total. The zero-order chi connectivity index (χ0) is 18.2. The summed E-state index contributed by atoms with van der Waals surface area (Å²) in [5, 5.41) is 12.9. The molecule has 0 atom stereocenters. The van der Waals surface area contributed by atoms with Crippen LogP contribution >= 0.6 is 0 Å². The number of carbonyl (C=O) groups excluding carboxylic acids is 1. The highest BCUT2D eigenvalue weighted by Gasteiger charge is 2.16. The van der Waals surface area contributed by atoms with E-state index in [-0.39, 0.29) is 18.9 Å². The van der Waals surface area contributed by atoms with Crippen molar-refractivity contribution in [3.05, 3.63) is 66.3 Å². The largest absolute Gasteiger partial charge is 0.339 e. The summed E-state index contributed by atoms with van der Waals surface area (Å²) < 4.78 is 5.20. The van der Waals surface area contributed by atoms with Gasteiger partial charge < -0.3 is 9.42 Å². The minimum Gasteiger partial charge on any atom is -0.339 e. The van der Waals surface area contributed by atoms with Crippen LogP contribution in [0.15, 0.2) is 59.4 Å². The molecule has 0 aliphatic rings. The first-order valence-corrected chi connectivity index (χ1v) is 8.18. The van der Waals surface area contributed by atoms with Gasteiger partial charge in [-0.1, -0.05) is 35.5 Å². The van der Waals surface area contributed by atoms with E-state index in [0.29, 0.717) is 24.7 Å². The first kappa shape index (κ1) is 17.3. The Kier molecular flexibility index (Phi) is 5.68. The summed E-state index contributed by atoms with van der Waals surface area (Å²) in [6.07, 6.45) is 3.83. The number of nitrogens with zero attached hydrogens (tertiary/aromatic N) is 5. The van der Waals surface area contributed by atoms with E-state index in [1.54, 1.807) is 18.5 Å². The van der Waals surface area contributed by atoms with Gasteiger partial charge in [0.2, 0.25) is 17.6 Å². The smallest absolute Gasteiger partial charge is 0.227 e. The lowest BCUT2D eigenvalue weighted by molar-refractivity contribution is -0.131. The van der Waals surface area contributed by atoms with Crippen molar-refractivity contribution < 1.29 is 9.32 Å². The van der Waals surface area contributed by atoms with Gasteiger partial charge in [0, 0.05) is 37.3 Å². The molecule has 0 saturated carbocycles. The zero-order valence-electron chi connectivity index (χ0n) is 14.1. The molecule has 1 aromatic carbocycles. The molecule has 0 N–H and O–H groups in total. The van der Waals surface area contributed by atoms with Crippen LogP contribution in [0.4, 0.5) is 0 Å². The molecule has 2 heterocycles. The van der Waals surface area contributed by atoms with Gasteiger partial charge in [0.05, 0.1) is 6.07 Å². The van der Waals surface area contributed by atoms with Crippen LogP contribution in [0, 0.1) is 11.3 Å². The van der Waals surface area contributed by atoms with Crippen LogP contribution in [-0.4, -0.2) is 32.5 Å². The SMILES string of the molecule is N#CCN(Cc1ccccc1)C(=O)CCc1nc(-c2cccnc2)no1. The number of hydrogen-bond acceptors (Lipinski definition) is 6. The standard InChI is InChI=1S/C19H17N5O2/c20-10-12-24(14-15-5-2-1-3-6-15)18(25)9-8-17-22-19(23-26-17)16-7-4-11-21-13-16/h1-7,11,13H,8-9,12,14H2. The third-order valence-electron chi connectivity index (χ3n) is 3.77. The van der Waals surface area contributed by atoms with Crippen molar-refractivity contribution in [2.75, 3.05) is 6.54 Å². The molecule has 0 aliphatic heterocycles. The van der Waals surface area contributed by atoms with Gasteiger partial charge >= 0.3 is 0 Å². The maximum Gasteiger partial charge on any atom is 0.227 e. The molecule has 7 heteroatoms. The summed E-state index contributed by atoms with van der Waals surface area (Å²) in [4.78, 5) is 22.3. The van der Waals surface area contributed by atoms with E-state index in [1.165, 1.54) is 4.90 Å². The first-order valence-electron chi connectivity index (χ1n) is 8.18. The Morgan fingerprint density at radius 2 is 2.04 bits per heavy atom. The van der Waals surface area contributed by atoms with Gasteiger partial charge in [0.15, 0.2) is 0 Å². The van der Waals surface area contributed by atoms with Crippen LogP contribution in [0.5, 0.6) is 0 Å². The average Bonchev–Trinajstić information content (AvgIpc) is 3.16. The second-order valence-electron chi connectivity index (χ2n) is 5.65. The number of benzene rings is 1. The van der Waals surface area contributed by atoms with Gasteiger partial charge in [-0.05, 0) is 17.7 Å². The summed E-state index contributed by atoms with van der Waals surface area (Å²) in [7, 11) is 0. The number of hydrogen-bond donors (Lipinski definition) is 0. The number of pyridine rings is 1. The fourth-order valence-electron chi connectivity index (χ4n) is 2.46. The molecule has 0 saturated heterocycles. The van der Waals surface area contributed by atoms with Crippen molar-refractivity contribution >= 4 is 5.91 Å². The predicted molar refractivity (Wildman–Crippen MR) is 93.3 cm³/mol. The van der Waals surface area contributed by atoms with Crippen molar-refractivity contribution in [3.8, 4) is 17.5 Å². The predicted octanol–water partition coefficient (Wildman–Crippen LogP) is 2.62. The fraction of sp³-hybridized carbons (Fsp3) is 0.211. The topological polar surface area (TPSA) is 95.9 Å². The van der Waals surface area contributed by atoms with Crippen molar-refractivity contribution in [1.29, 1.82) is 5.26 Å². The van der Waals surface area contributed by atoms with Crippen LogP contribution in [0.2, 0.25) is 0 Å². The average molecular weight is 347 g/mol. The Hall–Kier alpha value is -3.53. The molecule has 3 rings (SSSR count). The zero-order valence-corrected chi connectivity index (χ0v) is 14.1. The second kappa shape index (κ2) is 8.53. The highest BCUT2D eigenvalue weighted by atomic mass is 16.5. The molecule has 2 aromatic heterocycles. The number of amides is 1. The van der Waals surface area contributed by atoms with Crippen molar-refractivity contribution in [2.45, 2.75) is 19.4 Å². The highest BCUT2D eigenvalue weighted by Crippen LogP contribution is 2.15. The molecule has 0 radical (unpaired) electrons. The Morgan fingerprint density at radius 1 is 1.19 bits per heavy atom. The van der Waals surface area contributed by atoms with Crippen molar-refractivity contribution in [2.24, 2.45) is 0 Å². The first-order chi connectivity index (χ1) is 12.8. The summed E-state index contributed by atoms with van der Waals surface area (Å²) in [5.41, 5.74) is 1.73. The monoisotopic (exact) mass is 347 g/mol. The Morgan fingerprint density at radius 3 is 2.77 bits per heavy atom. The minimum absolute atomic E-state index is 0.0402. The number of rotatable bonds is 7. The van der Waals surface area contributed by atoms with Gasteiger partial charge in [-0.3, -0.25) is 9.78 Å². The summed E-state index contributed by atoms with van der Waals surface area (Å²) in [5.74, 6) is 0.698. The Bertz CT molecular complexity index is 887. The summed E-state index contributed by atoms with van der Waals surface area (Å²) >= 11 is 0. The lowest BCUT2D eigenvalue weighted by Crippen LogP contribution is -2.31. The van der Waals surface area contributed by atoms with Gasteiger partial charge in [-0.15, -0.1) is 0 Å². The number of aryl methyl sites for hydroxylation is 1. The molecule has 0 aliphatic carbocycles. The summed E-state index contributed by atoms with van der Waals surface area (Å²) in [6.45, 7) is 0.441. The van der Waals surface area contributed by atoms with E-state index in [4.69, 9.17) is 9.78 Å². The number of nitriles is 1. The summed E-state index contributed by atoms with van der Waals surface area (Å²) in [6, 6.07) is 15.2.